The van der Waals surface area contributed by atoms with E-state index >= 15 is 0 Å². The summed E-state index contributed by atoms with van der Waals surface area (Å²) in [5, 5.41) is 0. The van der Waals surface area contributed by atoms with Gasteiger partial charge in [0.25, 0.3) is 0 Å². The molecule has 0 radical (unpaired) electrons. The molecule has 6 nitrogen and oxygen atoms in total. The molecule has 0 bridgehead atoms. The molecule has 0 aliphatic carbocycles. The van der Waals surface area contributed by atoms with Gasteiger partial charge in [0.05, 0.1) is 18.0 Å². The fourth-order valence-corrected chi connectivity index (χ4v) is 2.74. The van der Waals surface area contributed by atoms with Crippen LogP contribution in [0.3, 0.4) is 0 Å². The number of sulfonamides is 1. The largest absolute Gasteiger partial charge is 0.328 e. The average molecular weight is 317 g/mol. The first-order valence-corrected chi connectivity index (χ1v) is 8.73. The zero-order valence-electron chi connectivity index (χ0n) is 11.2. The molecule has 0 spiro atoms. The van der Waals surface area contributed by atoms with Crippen LogP contribution in [0, 0.1) is 0 Å². The standard InChI is InChI=1S/C12H17ClN4O2S/c1-20(18,19)15-6-2-8-17-11-4-7-14-9-10(11)16-12(17)3-5-13/h4,7,9,15H,2-3,5-6,8H2,1H3. The number of hydrogen-bond donors (Lipinski definition) is 1. The number of pyridine rings is 1. The zero-order valence-corrected chi connectivity index (χ0v) is 12.8. The van der Waals surface area contributed by atoms with Gasteiger partial charge in [0.15, 0.2) is 0 Å². The van der Waals surface area contributed by atoms with Crippen molar-refractivity contribution < 1.29 is 8.42 Å². The van der Waals surface area contributed by atoms with Crippen molar-refractivity contribution in [3.8, 4) is 0 Å². The van der Waals surface area contributed by atoms with Gasteiger partial charge in [0.2, 0.25) is 10.0 Å². The second kappa shape index (κ2) is 6.51. The lowest BCUT2D eigenvalue weighted by molar-refractivity contribution is 0.574. The Kier molecular flexibility index (Phi) is 4.95. The number of nitrogens with zero attached hydrogens (tertiary/aromatic N) is 3. The smallest absolute Gasteiger partial charge is 0.208 e. The van der Waals surface area contributed by atoms with Crippen molar-refractivity contribution in [3.05, 3.63) is 24.3 Å². The molecule has 0 amide bonds. The molecule has 0 saturated carbocycles. The molecule has 0 aliphatic rings. The maximum absolute atomic E-state index is 11.0. The number of fused-ring (bicyclic) bond motifs is 1. The van der Waals surface area contributed by atoms with Gasteiger partial charge >= 0.3 is 0 Å². The number of halogens is 1. The summed E-state index contributed by atoms with van der Waals surface area (Å²) in [5.74, 6) is 1.40. The quantitative estimate of drug-likeness (QED) is 0.614. The third-order valence-corrected chi connectivity index (χ3v) is 3.79. The van der Waals surface area contributed by atoms with E-state index in [1.54, 1.807) is 12.4 Å². The van der Waals surface area contributed by atoms with Gasteiger partial charge in [-0.05, 0) is 12.5 Å². The summed E-state index contributed by atoms with van der Waals surface area (Å²) in [7, 11) is -3.13. The van der Waals surface area contributed by atoms with Crippen LogP contribution in [0.4, 0.5) is 0 Å². The second-order valence-electron chi connectivity index (χ2n) is 4.50. The molecule has 0 aliphatic heterocycles. The zero-order chi connectivity index (χ0) is 14.6. The van der Waals surface area contributed by atoms with E-state index in [4.69, 9.17) is 11.6 Å². The number of alkyl halides is 1. The molecule has 110 valence electrons. The number of hydrogen-bond acceptors (Lipinski definition) is 4. The number of imidazole rings is 1. The SMILES string of the molecule is CS(=O)(=O)NCCCn1c(CCCl)nc2cnccc21. The van der Waals surface area contributed by atoms with Crippen LogP contribution in [0.25, 0.3) is 11.0 Å². The fourth-order valence-electron chi connectivity index (χ4n) is 2.05. The van der Waals surface area contributed by atoms with Gasteiger partial charge in [-0.15, -0.1) is 11.6 Å². The molecule has 1 N–H and O–H groups in total. The monoisotopic (exact) mass is 316 g/mol. The number of rotatable bonds is 7. The van der Waals surface area contributed by atoms with Gasteiger partial charge in [-0.3, -0.25) is 4.98 Å². The van der Waals surface area contributed by atoms with Crippen LogP contribution in [-0.4, -0.2) is 41.6 Å². The summed E-state index contributed by atoms with van der Waals surface area (Å²) in [6.45, 7) is 1.10. The molecule has 8 heteroatoms. The first-order valence-electron chi connectivity index (χ1n) is 6.31. The molecule has 2 rings (SSSR count). The van der Waals surface area contributed by atoms with E-state index in [1.165, 1.54) is 0 Å². The van der Waals surface area contributed by atoms with Crippen molar-refractivity contribution in [2.45, 2.75) is 19.4 Å². The van der Waals surface area contributed by atoms with E-state index in [0.717, 1.165) is 23.1 Å². The van der Waals surface area contributed by atoms with Gasteiger partial charge in [0.1, 0.15) is 11.3 Å². The molecule has 0 aromatic carbocycles. The van der Waals surface area contributed by atoms with E-state index in [1.807, 2.05) is 6.07 Å². The van der Waals surface area contributed by atoms with Crippen LogP contribution in [0.2, 0.25) is 0 Å². The number of aromatic nitrogens is 3. The minimum atomic E-state index is -3.13. The van der Waals surface area contributed by atoms with E-state index in [0.29, 0.717) is 31.8 Å². The van der Waals surface area contributed by atoms with Crippen molar-refractivity contribution in [1.29, 1.82) is 0 Å². The lowest BCUT2D eigenvalue weighted by atomic mass is 10.3. The Morgan fingerprint density at radius 2 is 2.25 bits per heavy atom. The van der Waals surface area contributed by atoms with Gasteiger partial charge in [-0.2, -0.15) is 0 Å². The minimum Gasteiger partial charge on any atom is -0.328 e. The predicted molar refractivity (Wildman–Crippen MR) is 79.4 cm³/mol. The maximum Gasteiger partial charge on any atom is 0.208 e. The van der Waals surface area contributed by atoms with Crippen LogP contribution in [0.1, 0.15) is 12.2 Å². The second-order valence-corrected chi connectivity index (χ2v) is 6.71. The molecule has 2 heterocycles. The Hall–Kier alpha value is -1.18. The highest BCUT2D eigenvalue weighted by atomic mass is 35.5. The fraction of sp³-hybridized carbons (Fsp3) is 0.500. The molecule has 2 aromatic heterocycles. The normalized spacial score (nSPS) is 12.1. The van der Waals surface area contributed by atoms with Crippen LogP contribution >= 0.6 is 11.6 Å². The molecular weight excluding hydrogens is 300 g/mol. The summed E-state index contributed by atoms with van der Waals surface area (Å²) in [4.78, 5) is 8.56. The van der Waals surface area contributed by atoms with Crippen molar-refractivity contribution in [1.82, 2.24) is 19.3 Å². The molecular formula is C12H17ClN4O2S. The average Bonchev–Trinajstić information content (AvgIpc) is 2.72. The van der Waals surface area contributed by atoms with Crippen LogP contribution in [-0.2, 0) is 23.0 Å². The third-order valence-electron chi connectivity index (χ3n) is 2.87. The molecule has 20 heavy (non-hydrogen) atoms. The molecule has 0 fully saturated rings. The van der Waals surface area contributed by atoms with Crippen LogP contribution < -0.4 is 4.72 Å². The van der Waals surface area contributed by atoms with Gasteiger partial charge in [-0.1, -0.05) is 0 Å². The topological polar surface area (TPSA) is 76.9 Å². The Morgan fingerprint density at radius 3 is 2.95 bits per heavy atom. The highest BCUT2D eigenvalue weighted by molar-refractivity contribution is 7.88. The van der Waals surface area contributed by atoms with Crippen molar-refractivity contribution in [3.63, 3.8) is 0 Å². The van der Waals surface area contributed by atoms with E-state index < -0.39 is 10.0 Å². The Bertz CT molecular complexity index is 684. The summed E-state index contributed by atoms with van der Waals surface area (Å²) in [6.07, 6.45) is 5.97. The maximum atomic E-state index is 11.0. The van der Waals surface area contributed by atoms with E-state index in [-0.39, 0.29) is 0 Å². The summed E-state index contributed by atoms with van der Waals surface area (Å²) in [6, 6.07) is 1.91. The lowest BCUT2D eigenvalue weighted by Crippen LogP contribution is -2.24. The lowest BCUT2D eigenvalue weighted by Gasteiger charge is -2.08. The summed E-state index contributed by atoms with van der Waals surface area (Å²) >= 11 is 5.80. The van der Waals surface area contributed by atoms with Crippen molar-refractivity contribution in [2.24, 2.45) is 0 Å². The summed E-state index contributed by atoms with van der Waals surface area (Å²) in [5.41, 5.74) is 1.84. The highest BCUT2D eigenvalue weighted by Crippen LogP contribution is 2.16. The van der Waals surface area contributed by atoms with Crippen molar-refractivity contribution >= 4 is 32.7 Å². The van der Waals surface area contributed by atoms with E-state index in [2.05, 4.69) is 19.3 Å². The molecule has 0 saturated heterocycles. The summed E-state index contributed by atoms with van der Waals surface area (Å²) < 4.78 is 26.6. The molecule has 2 aromatic rings. The van der Waals surface area contributed by atoms with Gasteiger partial charge < -0.3 is 4.57 Å². The molecule has 0 unspecified atom stereocenters. The molecule has 0 atom stereocenters. The number of aryl methyl sites for hydroxylation is 2. The Morgan fingerprint density at radius 1 is 1.45 bits per heavy atom. The Labute approximate surface area is 123 Å². The van der Waals surface area contributed by atoms with Gasteiger partial charge in [-0.25, -0.2) is 18.1 Å². The van der Waals surface area contributed by atoms with Gasteiger partial charge in [0, 0.05) is 31.6 Å². The highest BCUT2D eigenvalue weighted by Gasteiger charge is 2.10. The first kappa shape index (κ1) is 15.2. The Balaban J connectivity index is 2.13. The minimum absolute atomic E-state index is 0.407. The predicted octanol–water partition coefficient (Wildman–Crippen LogP) is 1.15. The van der Waals surface area contributed by atoms with E-state index in [9.17, 15) is 8.42 Å². The third kappa shape index (κ3) is 3.91. The number of nitrogens with one attached hydrogen (secondary N) is 1. The van der Waals surface area contributed by atoms with Crippen LogP contribution in [0.15, 0.2) is 18.5 Å². The first-order chi connectivity index (χ1) is 9.51. The van der Waals surface area contributed by atoms with Crippen LogP contribution in [0.5, 0.6) is 0 Å². The van der Waals surface area contributed by atoms with Crippen molar-refractivity contribution in [2.75, 3.05) is 18.7 Å².